The normalized spacial score (nSPS) is 18.9. The van der Waals surface area contributed by atoms with E-state index in [1.54, 1.807) is 12.1 Å². The van der Waals surface area contributed by atoms with Crippen molar-refractivity contribution in [3.63, 3.8) is 0 Å². The number of rotatable bonds is 6. The first-order valence-electron chi connectivity index (χ1n) is 12.4. The van der Waals surface area contributed by atoms with Gasteiger partial charge in [0.25, 0.3) is 0 Å². The number of hydrogen-bond donors (Lipinski definition) is 4. The molecular weight excluding hydrogens is 532 g/mol. The standard InChI is InChI=1S/C26H30N2O6.H2O4S/c1-15-17(3-5-19-21(15)13-33-25(19)31)23(29)11-27-7-9-28(10-8-27)12-24(30)18-4-6-20-22(16(18)2)14-34-26(20)32;1-5(2,3)4/h3-6,23-24,29-30H,7-14H2,1-2H3;(H2,1,2,3,4)/t23-,24-;/m0./s1. The number of piperazine rings is 1. The van der Waals surface area contributed by atoms with E-state index in [0.29, 0.717) is 24.2 Å². The number of β-amino-alcohol motifs (C(OH)–C–C–N with tert-alkyl or cyclic N) is 2. The summed E-state index contributed by atoms with van der Waals surface area (Å²) in [4.78, 5) is 28.0. The topological polar surface area (TPSA) is 174 Å². The molecule has 0 aliphatic carbocycles. The van der Waals surface area contributed by atoms with E-state index in [1.165, 1.54) is 0 Å². The Balaban J connectivity index is 0.000000648. The van der Waals surface area contributed by atoms with Gasteiger partial charge in [-0.3, -0.25) is 18.9 Å². The van der Waals surface area contributed by atoms with Gasteiger partial charge in [-0.2, -0.15) is 8.42 Å². The first-order valence-corrected chi connectivity index (χ1v) is 13.8. The van der Waals surface area contributed by atoms with Crippen LogP contribution in [-0.2, 0) is 33.1 Å². The molecule has 212 valence electrons. The molecule has 0 saturated carbocycles. The molecule has 0 radical (unpaired) electrons. The second kappa shape index (κ2) is 11.7. The molecule has 4 N–H and O–H groups in total. The Bertz CT molecular complexity index is 1270. The molecule has 39 heavy (non-hydrogen) atoms. The van der Waals surface area contributed by atoms with Gasteiger partial charge in [-0.1, -0.05) is 12.1 Å². The largest absolute Gasteiger partial charge is 0.457 e. The third kappa shape index (κ3) is 6.81. The van der Waals surface area contributed by atoms with Crippen molar-refractivity contribution in [2.75, 3.05) is 39.3 Å². The molecule has 0 aromatic heterocycles. The Hall–Kier alpha value is -2.91. The van der Waals surface area contributed by atoms with Gasteiger partial charge in [0.15, 0.2) is 0 Å². The van der Waals surface area contributed by atoms with Crippen molar-refractivity contribution in [2.24, 2.45) is 0 Å². The minimum absolute atomic E-state index is 0.272. The van der Waals surface area contributed by atoms with Gasteiger partial charge in [-0.15, -0.1) is 0 Å². The van der Waals surface area contributed by atoms with Crippen LogP contribution in [0.5, 0.6) is 0 Å². The van der Waals surface area contributed by atoms with Gasteiger partial charge in [0.2, 0.25) is 0 Å². The second-order valence-corrected chi connectivity index (χ2v) is 10.7. The van der Waals surface area contributed by atoms with Crippen molar-refractivity contribution in [1.82, 2.24) is 9.80 Å². The van der Waals surface area contributed by atoms with Crippen LogP contribution in [0.25, 0.3) is 0 Å². The summed E-state index contributed by atoms with van der Waals surface area (Å²) in [5.74, 6) is -0.594. The Kier molecular flexibility index (Phi) is 8.71. The minimum atomic E-state index is -4.67. The van der Waals surface area contributed by atoms with Crippen LogP contribution in [0.4, 0.5) is 0 Å². The number of esters is 2. The zero-order valence-corrected chi connectivity index (χ0v) is 22.5. The molecule has 2 aromatic carbocycles. The van der Waals surface area contributed by atoms with E-state index in [2.05, 4.69) is 9.80 Å². The van der Waals surface area contributed by atoms with E-state index in [-0.39, 0.29) is 25.2 Å². The summed E-state index contributed by atoms with van der Waals surface area (Å²) in [7, 11) is -4.67. The monoisotopic (exact) mass is 564 g/mol. The number of aliphatic hydroxyl groups excluding tert-OH is 2. The van der Waals surface area contributed by atoms with Crippen molar-refractivity contribution in [2.45, 2.75) is 39.3 Å². The van der Waals surface area contributed by atoms with Crippen LogP contribution in [0.15, 0.2) is 24.3 Å². The van der Waals surface area contributed by atoms with E-state index >= 15 is 0 Å². The molecule has 2 aromatic rings. The van der Waals surface area contributed by atoms with Crippen LogP contribution in [0.1, 0.15) is 66.3 Å². The average molecular weight is 565 g/mol. The number of nitrogens with zero attached hydrogens (tertiary/aromatic N) is 2. The van der Waals surface area contributed by atoms with Gasteiger partial charge in [-0.05, 0) is 48.2 Å². The summed E-state index contributed by atoms with van der Waals surface area (Å²) < 4.78 is 41.8. The van der Waals surface area contributed by atoms with E-state index in [9.17, 15) is 19.8 Å². The van der Waals surface area contributed by atoms with Crippen molar-refractivity contribution in [1.29, 1.82) is 0 Å². The lowest BCUT2D eigenvalue weighted by Gasteiger charge is -2.36. The van der Waals surface area contributed by atoms with Crippen molar-refractivity contribution in [3.05, 3.63) is 68.8 Å². The third-order valence-electron chi connectivity index (χ3n) is 7.46. The van der Waals surface area contributed by atoms with E-state index < -0.39 is 22.6 Å². The average Bonchev–Trinajstić information content (AvgIpc) is 3.43. The Morgan fingerprint density at radius 1 is 0.744 bits per heavy atom. The molecule has 0 amide bonds. The zero-order valence-electron chi connectivity index (χ0n) is 21.7. The number of benzene rings is 2. The molecule has 0 bridgehead atoms. The molecule has 13 heteroatoms. The molecular formula is C26H32N2O10S. The molecule has 0 spiro atoms. The predicted octanol–water partition coefficient (Wildman–Crippen LogP) is 1.38. The predicted molar refractivity (Wildman–Crippen MR) is 138 cm³/mol. The smallest absolute Gasteiger partial charge is 0.394 e. The number of carbonyl (C=O) groups excluding carboxylic acids is 2. The summed E-state index contributed by atoms with van der Waals surface area (Å²) in [6.45, 7) is 8.61. The maximum absolute atomic E-state index is 11.8. The van der Waals surface area contributed by atoms with Crippen LogP contribution >= 0.6 is 0 Å². The van der Waals surface area contributed by atoms with Gasteiger partial charge in [0.05, 0.1) is 23.3 Å². The summed E-state index contributed by atoms with van der Waals surface area (Å²) in [6, 6.07) is 7.15. The Labute approximate surface area is 226 Å². The fourth-order valence-electron chi connectivity index (χ4n) is 5.30. The molecule has 3 aliphatic rings. The van der Waals surface area contributed by atoms with E-state index in [4.69, 9.17) is 27.0 Å². The molecule has 12 nitrogen and oxygen atoms in total. The lowest BCUT2D eigenvalue weighted by molar-refractivity contribution is 0.0478. The highest BCUT2D eigenvalue weighted by molar-refractivity contribution is 7.79. The fraction of sp³-hybridized carbons (Fsp3) is 0.462. The maximum atomic E-state index is 11.8. The highest BCUT2D eigenvalue weighted by Gasteiger charge is 2.29. The number of fused-ring (bicyclic) bond motifs is 2. The summed E-state index contributed by atoms with van der Waals surface area (Å²) in [5, 5.41) is 21.8. The van der Waals surface area contributed by atoms with Crippen LogP contribution in [0, 0.1) is 13.8 Å². The molecule has 5 rings (SSSR count). The molecule has 3 aliphatic heterocycles. The zero-order chi connectivity index (χ0) is 28.5. The van der Waals surface area contributed by atoms with E-state index in [1.807, 2.05) is 26.0 Å². The number of ether oxygens (including phenoxy) is 2. The first kappa shape index (κ1) is 29.1. The highest BCUT2D eigenvalue weighted by atomic mass is 32.3. The van der Waals surface area contributed by atoms with Crippen molar-refractivity contribution in [3.8, 4) is 0 Å². The third-order valence-corrected chi connectivity index (χ3v) is 7.46. The molecule has 0 unspecified atom stereocenters. The Morgan fingerprint density at radius 3 is 1.41 bits per heavy atom. The Morgan fingerprint density at radius 2 is 1.08 bits per heavy atom. The summed E-state index contributed by atoms with van der Waals surface area (Å²) >= 11 is 0. The molecule has 3 heterocycles. The minimum Gasteiger partial charge on any atom is -0.457 e. The number of carbonyl (C=O) groups is 2. The fourth-order valence-corrected chi connectivity index (χ4v) is 5.30. The number of cyclic esters (lactones) is 2. The molecule has 1 saturated heterocycles. The van der Waals surface area contributed by atoms with Crippen molar-refractivity contribution < 1.29 is 46.8 Å². The number of aliphatic hydroxyl groups is 2. The maximum Gasteiger partial charge on any atom is 0.394 e. The van der Waals surface area contributed by atoms with Crippen LogP contribution in [0.2, 0.25) is 0 Å². The second-order valence-electron chi connectivity index (χ2n) is 9.84. The SMILES string of the molecule is Cc1c([C@@H](O)CN2CCN(C[C@H](O)c3ccc4c(c3C)COC4=O)CC2)ccc2c1COC2=O.O=S(=O)(O)O. The van der Waals surface area contributed by atoms with Crippen LogP contribution in [-0.4, -0.2) is 88.7 Å². The van der Waals surface area contributed by atoms with Crippen molar-refractivity contribution >= 4 is 22.3 Å². The van der Waals surface area contributed by atoms with Gasteiger partial charge >= 0.3 is 22.3 Å². The molecule has 1 fully saturated rings. The lowest BCUT2D eigenvalue weighted by atomic mass is 9.95. The first-order chi connectivity index (χ1) is 18.3. The van der Waals surface area contributed by atoms with Crippen LogP contribution < -0.4 is 0 Å². The van der Waals surface area contributed by atoms with Gasteiger partial charge in [0.1, 0.15) is 13.2 Å². The summed E-state index contributed by atoms with van der Waals surface area (Å²) in [5.41, 5.74) is 6.46. The quantitative estimate of drug-likeness (QED) is 0.294. The lowest BCUT2D eigenvalue weighted by Crippen LogP contribution is -2.48. The molecule has 2 atom stereocenters. The highest BCUT2D eigenvalue weighted by Crippen LogP contribution is 2.31. The van der Waals surface area contributed by atoms with Crippen LogP contribution in [0.3, 0.4) is 0 Å². The van der Waals surface area contributed by atoms with Gasteiger partial charge in [0, 0.05) is 50.4 Å². The summed E-state index contributed by atoms with van der Waals surface area (Å²) in [6.07, 6.45) is -1.28. The van der Waals surface area contributed by atoms with Gasteiger partial charge in [-0.25, -0.2) is 9.59 Å². The van der Waals surface area contributed by atoms with E-state index in [0.717, 1.165) is 59.6 Å². The van der Waals surface area contributed by atoms with Gasteiger partial charge < -0.3 is 19.7 Å². The number of hydrogen-bond acceptors (Lipinski definition) is 10.